The van der Waals surface area contributed by atoms with Crippen molar-refractivity contribution in [3.05, 3.63) is 71.3 Å². The number of carbonyl (C=O) groups is 1. The van der Waals surface area contributed by atoms with E-state index in [9.17, 15) is 4.79 Å². The minimum absolute atomic E-state index is 0.119. The van der Waals surface area contributed by atoms with Crippen molar-refractivity contribution in [2.45, 2.75) is 38.5 Å². The Morgan fingerprint density at radius 2 is 1.65 bits per heavy atom. The van der Waals surface area contributed by atoms with E-state index in [0.29, 0.717) is 5.92 Å². The highest BCUT2D eigenvalue weighted by Gasteiger charge is 2.28. The molecule has 23 heavy (non-hydrogen) atoms. The van der Waals surface area contributed by atoms with Crippen molar-refractivity contribution in [3.8, 4) is 0 Å². The molecule has 0 aliphatic carbocycles. The van der Waals surface area contributed by atoms with E-state index < -0.39 is 0 Å². The topological polar surface area (TPSA) is 20.3 Å². The van der Waals surface area contributed by atoms with Gasteiger partial charge in [0, 0.05) is 24.6 Å². The van der Waals surface area contributed by atoms with Crippen molar-refractivity contribution in [3.63, 3.8) is 0 Å². The maximum Gasteiger partial charge on any atom is 0.253 e. The first-order valence-corrected chi connectivity index (χ1v) is 8.40. The molecule has 2 heteroatoms. The Hall–Kier alpha value is -2.09. The first kappa shape index (κ1) is 15.8. The molecule has 1 amide bonds. The van der Waals surface area contributed by atoms with E-state index in [-0.39, 0.29) is 11.3 Å². The molecule has 120 valence electrons. The van der Waals surface area contributed by atoms with Crippen LogP contribution in [-0.4, -0.2) is 23.9 Å². The molecule has 0 spiro atoms. The summed E-state index contributed by atoms with van der Waals surface area (Å²) in [6, 6.07) is 18.6. The first-order valence-electron chi connectivity index (χ1n) is 8.40. The molecule has 0 radical (unpaired) electrons. The number of hydrogen-bond donors (Lipinski definition) is 0. The van der Waals surface area contributed by atoms with Gasteiger partial charge in [-0.15, -0.1) is 0 Å². The summed E-state index contributed by atoms with van der Waals surface area (Å²) in [5.41, 5.74) is 3.52. The van der Waals surface area contributed by atoms with E-state index in [2.05, 4.69) is 57.2 Å². The van der Waals surface area contributed by atoms with E-state index in [1.54, 1.807) is 0 Å². The van der Waals surface area contributed by atoms with E-state index in [1.165, 1.54) is 11.1 Å². The molecule has 1 aliphatic heterocycles. The summed E-state index contributed by atoms with van der Waals surface area (Å²) in [5.74, 6) is 0.623. The fraction of sp³-hybridized carbons (Fsp3) is 0.381. The van der Waals surface area contributed by atoms with Crippen LogP contribution < -0.4 is 0 Å². The average Bonchev–Trinajstić information content (AvgIpc) is 3.04. The molecular weight excluding hydrogens is 282 g/mol. The molecule has 1 fully saturated rings. The Balaban J connectivity index is 1.70. The Morgan fingerprint density at radius 1 is 1.00 bits per heavy atom. The van der Waals surface area contributed by atoms with E-state index in [0.717, 1.165) is 25.1 Å². The van der Waals surface area contributed by atoms with Gasteiger partial charge in [0.1, 0.15) is 0 Å². The fourth-order valence-corrected chi connectivity index (χ4v) is 3.24. The van der Waals surface area contributed by atoms with Crippen LogP contribution in [0.2, 0.25) is 0 Å². The summed E-state index contributed by atoms with van der Waals surface area (Å²) in [6.45, 7) is 8.24. The SMILES string of the molecule is CC(C)(C)c1ccc(C(=O)N2CCC(c3ccccc3)C2)cc1. The van der Waals surface area contributed by atoms with Gasteiger partial charge < -0.3 is 4.90 Å². The molecular formula is C21H25NO. The van der Waals surface area contributed by atoms with Gasteiger partial charge >= 0.3 is 0 Å². The summed E-state index contributed by atoms with van der Waals surface area (Å²) < 4.78 is 0. The van der Waals surface area contributed by atoms with Crippen LogP contribution in [0.4, 0.5) is 0 Å². The van der Waals surface area contributed by atoms with Crippen molar-refractivity contribution in [1.29, 1.82) is 0 Å². The van der Waals surface area contributed by atoms with Crippen LogP contribution in [0.15, 0.2) is 54.6 Å². The highest BCUT2D eigenvalue weighted by molar-refractivity contribution is 5.94. The predicted molar refractivity (Wildman–Crippen MR) is 94.8 cm³/mol. The zero-order valence-electron chi connectivity index (χ0n) is 14.3. The van der Waals surface area contributed by atoms with E-state index in [1.807, 2.05) is 23.1 Å². The van der Waals surface area contributed by atoms with Gasteiger partial charge in [-0.25, -0.2) is 0 Å². The molecule has 0 aromatic heterocycles. The van der Waals surface area contributed by atoms with Crippen LogP contribution in [0.5, 0.6) is 0 Å². The van der Waals surface area contributed by atoms with Gasteiger partial charge in [0.2, 0.25) is 0 Å². The summed E-state index contributed by atoms with van der Waals surface area (Å²) >= 11 is 0. The van der Waals surface area contributed by atoms with E-state index in [4.69, 9.17) is 0 Å². The molecule has 2 aromatic rings. The minimum atomic E-state index is 0.119. The number of amides is 1. The molecule has 0 saturated carbocycles. The summed E-state index contributed by atoms with van der Waals surface area (Å²) in [7, 11) is 0. The lowest BCUT2D eigenvalue weighted by Crippen LogP contribution is -2.28. The van der Waals surface area contributed by atoms with Crippen LogP contribution in [0.3, 0.4) is 0 Å². The lowest BCUT2D eigenvalue weighted by Gasteiger charge is -2.20. The largest absolute Gasteiger partial charge is 0.338 e. The van der Waals surface area contributed by atoms with Gasteiger partial charge in [-0.2, -0.15) is 0 Å². The highest BCUT2D eigenvalue weighted by atomic mass is 16.2. The number of hydrogen-bond acceptors (Lipinski definition) is 1. The Kier molecular flexibility index (Phi) is 4.25. The highest BCUT2D eigenvalue weighted by Crippen LogP contribution is 2.28. The monoisotopic (exact) mass is 307 g/mol. The molecule has 1 unspecified atom stereocenters. The molecule has 0 N–H and O–H groups in total. The zero-order valence-corrected chi connectivity index (χ0v) is 14.3. The molecule has 1 saturated heterocycles. The van der Waals surface area contributed by atoms with Crippen LogP contribution in [0.25, 0.3) is 0 Å². The minimum Gasteiger partial charge on any atom is -0.338 e. The average molecular weight is 307 g/mol. The Labute approximate surface area is 139 Å². The normalized spacial score (nSPS) is 18.2. The van der Waals surface area contributed by atoms with Crippen LogP contribution >= 0.6 is 0 Å². The quantitative estimate of drug-likeness (QED) is 0.793. The molecule has 1 heterocycles. The summed E-state index contributed by atoms with van der Waals surface area (Å²) in [4.78, 5) is 14.7. The zero-order chi connectivity index (χ0) is 16.4. The third kappa shape index (κ3) is 3.47. The lowest BCUT2D eigenvalue weighted by molar-refractivity contribution is 0.0790. The lowest BCUT2D eigenvalue weighted by atomic mass is 9.86. The number of likely N-dealkylation sites (tertiary alicyclic amines) is 1. The fourth-order valence-electron chi connectivity index (χ4n) is 3.24. The second kappa shape index (κ2) is 6.19. The molecule has 1 aliphatic rings. The van der Waals surface area contributed by atoms with Gasteiger partial charge in [0.05, 0.1) is 0 Å². The van der Waals surface area contributed by atoms with Crippen LogP contribution in [0, 0.1) is 0 Å². The molecule has 0 bridgehead atoms. The first-order chi connectivity index (χ1) is 10.9. The number of benzene rings is 2. The third-order valence-electron chi connectivity index (χ3n) is 4.74. The van der Waals surface area contributed by atoms with Gasteiger partial charge in [-0.1, -0.05) is 63.2 Å². The summed E-state index contributed by atoms with van der Waals surface area (Å²) in [6.07, 6.45) is 1.05. The van der Waals surface area contributed by atoms with Crippen molar-refractivity contribution >= 4 is 5.91 Å². The standard InChI is InChI=1S/C21H25NO/c1-21(2,3)19-11-9-17(10-12-19)20(23)22-14-13-18(15-22)16-7-5-4-6-8-16/h4-12,18H,13-15H2,1-3H3. The summed E-state index contributed by atoms with van der Waals surface area (Å²) in [5, 5.41) is 0. The maximum atomic E-state index is 12.7. The second-order valence-corrected chi connectivity index (χ2v) is 7.47. The van der Waals surface area contributed by atoms with Gasteiger partial charge in [0.15, 0.2) is 0 Å². The number of nitrogens with zero attached hydrogens (tertiary/aromatic N) is 1. The van der Waals surface area contributed by atoms with Crippen molar-refractivity contribution in [1.82, 2.24) is 4.90 Å². The van der Waals surface area contributed by atoms with E-state index >= 15 is 0 Å². The molecule has 2 nitrogen and oxygen atoms in total. The number of carbonyl (C=O) groups excluding carboxylic acids is 1. The maximum absolute atomic E-state index is 12.7. The Bertz CT molecular complexity index is 667. The smallest absolute Gasteiger partial charge is 0.253 e. The van der Waals surface area contributed by atoms with Gasteiger partial charge in [-0.3, -0.25) is 4.79 Å². The van der Waals surface area contributed by atoms with Crippen molar-refractivity contribution in [2.75, 3.05) is 13.1 Å². The molecule has 2 aromatic carbocycles. The molecule has 1 atom stereocenters. The van der Waals surface area contributed by atoms with Gasteiger partial charge in [0.25, 0.3) is 5.91 Å². The van der Waals surface area contributed by atoms with Crippen LogP contribution in [-0.2, 0) is 5.41 Å². The molecule has 3 rings (SSSR count). The van der Waals surface area contributed by atoms with Crippen molar-refractivity contribution < 1.29 is 4.79 Å². The van der Waals surface area contributed by atoms with Gasteiger partial charge in [-0.05, 0) is 35.1 Å². The Morgan fingerprint density at radius 3 is 2.26 bits per heavy atom. The van der Waals surface area contributed by atoms with Crippen molar-refractivity contribution in [2.24, 2.45) is 0 Å². The third-order valence-corrected chi connectivity index (χ3v) is 4.74. The number of rotatable bonds is 2. The second-order valence-electron chi connectivity index (χ2n) is 7.47. The predicted octanol–water partition coefficient (Wildman–Crippen LogP) is 4.61. The van der Waals surface area contributed by atoms with Crippen LogP contribution in [0.1, 0.15) is 54.6 Å².